The van der Waals surface area contributed by atoms with Crippen molar-refractivity contribution in [3.8, 4) is 17.1 Å². The minimum atomic E-state index is -0.392. The van der Waals surface area contributed by atoms with E-state index in [0.29, 0.717) is 42.5 Å². The first-order valence-corrected chi connectivity index (χ1v) is 11.0. The van der Waals surface area contributed by atoms with Gasteiger partial charge >= 0.3 is 0 Å². The number of nitrogens with zero attached hydrogens (tertiary/aromatic N) is 4. The van der Waals surface area contributed by atoms with E-state index < -0.39 is 5.82 Å². The van der Waals surface area contributed by atoms with Gasteiger partial charge in [-0.15, -0.1) is 10.2 Å². The molecule has 3 aromatic rings. The zero-order valence-electron chi connectivity index (χ0n) is 16.8. The van der Waals surface area contributed by atoms with Crippen molar-refractivity contribution in [2.24, 2.45) is 11.7 Å². The monoisotopic (exact) mass is 439 g/mol. The van der Waals surface area contributed by atoms with Crippen molar-refractivity contribution in [1.29, 1.82) is 0 Å². The summed E-state index contributed by atoms with van der Waals surface area (Å²) < 4.78 is 16.2. The van der Waals surface area contributed by atoms with Gasteiger partial charge in [0.15, 0.2) is 11.0 Å². The van der Waals surface area contributed by atoms with E-state index in [9.17, 15) is 14.0 Å². The average molecular weight is 440 g/mol. The molecule has 1 aromatic heterocycles. The lowest BCUT2D eigenvalue weighted by Gasteiger charge is -2.30. The number of likely N-dealkylation sites (tertiary alicyclic amines) is 1. The van der Waals surface area contributed by atoms with Crippen LogP contribution in [0.2, 0.25) is 0 Å². The lowest BCUT2D eigenvalue weighted by Crippen LogP contribution is -2.42. The first-order chi connectivity index (χ1) is 15.0. The molecule has 4 rings (SSSR count). The van der Waals surface area contributed by atoms with Crippen molar-refractivity contribution in [3.63, 3.8) is 0 Å². The highest BCUT2D eigenvalue weighted by atomic mass is 32.2. The maximum Gasteiger partial charge on any atom is 0.233 e. The van der Waals surface area contributed by atoms with Crippen molar-refractivity contribution < 1.29 is 14.0 Å². The highest BCUT2D eigenvalue weighted by Crippen LogP contribution is 2.29. The van der Waals surface area contributed by atoms with Crippen LogP contribution >= 0.6 is 11.8 Å². The number of halogens is 1. The van der Waals surface area contributed by atoms with Crippen LogP contribution in [0.25, 0.3) is 17.1 Å². The van der Waals surface area contributed by atoms with Gasteiger partial charge < -0.3 is 10.6 Å². The Bertz CT molecular complexity index is 1080. The molecule has 1 aliphatic rings. The minimum absolute atomic E-state index is 0.0389. The van der Waals surface area contributed by atoms with E-state index in [4.69, 9.17) is 5.73 Å². The fourth-order valence-electron chi connectivity index (χ4n) is 3.62. The van der Waals surface area contributed by atoms with Crippen LogP contribution in [0, 0.1) is 11.7 Å². The Kier molecular flexibility index (Phi) is 6.31. The maximum atomic E-state index is 14.4. The maximum absolute atomic E-state index is 14.4. The van der Waals surface area contributed by atoms with Crippen LogP contribution in [0.4, 0.5) is 4.39 Å². The Morgan fingerprint density at radius 3 is 2.39 bits per heavy atom. The summed E-state index contributed by atoms with van der Waals surface area (Å²) >= 11 is 1.26. The van der Waals surface area contributed by atoms with Crippen molar-refractivity contribution in [2.45, 2.75) is 18.0 Å². The van der Waals surface area contributed by atoms with Crippen molar-refractivity contribution >= 4 is 23.6 Å². The van der Waals surface area contributed by atoms with Gasteiger partial charge in [-0.3, -0.25) is 14.2 Å². The van der Waals surface area contributed by atoms with Gasteiger partial charge in [0.05, 0.1) is 11.3 Å². The van der Waals surface area contributed by atoms with Crippen molar-refractivity contribution in [2.75, 3.05) is 18.8 Å². The molecule has 0 atom stereocenters. The Morgan fingerprint density at radius 1 is 1.03 bits per heavy atom. The molecular formula is C22H22FN5O2S. The SMILES string of the molecule is NC(=O)C1CCN(C(=O)CSc2nnc(-c3ccccc3F)n2-c2ccccc2)CC1. The van der Waals surface area contributed by atoms with Crippen LogP contribution in [0.15, 0.2) is 59.8 Å². The van der Waals surface area contributed by atoms with Gasteiger partial charge in [-0.25, -0.2) is 4.39 Å². The number of aromatic nitrogens is 3. The Hall–Kier alpha value is -3.20. The fourth-order valence-corrected chi connectivity index (χ4v) is 4.48. The third-order valence-electron chi connectivity index (χ3n) is 5.34. The highest BCUT2D eigenvalue weighted by Gasteiger charge is 2.26. The summed E-state index contributed by atoms with van der Waals surface area (Å²) in [5.74, 6) is -0.357. The van der Waals surface area contributed by atoms with E-state index >= 15 is 0 Å². The number of carbonyl (C=O) groups is 2. The summed E-state index contributed by atoms with van der Waals surface area (Å²) in [5.41, 5.74) is 6.48. The second-order valence-corrected chi connectivity index (χ2v) is 8.25. The Labute approximate surface area is 183 Å². The molecule has 2 aromatic carbocycles. The number of piperidine rings is 1. The molecule has 1 saturated heterocycles. The first kappa shape index (κ1) is 21.0. The van der Waals surface area contributed by atoms with Crippen molar-refractivity contribution in [3.05, 3.63) is 60.4 Å². The van der Waals surface area contributed by atoms with Crippen LogP contribution < -0.4 is 5.73 Å². The van der Waals surface area contributed by atoms with E-state index in [-0.39, 0.29) is 23.5 Å². The molecule has 2 N–H and O–H groups in total. The summed E-state index contributed by atoms with van der Waals surface area (Å²) in [7, 11) is 0. The number of nitrogens with two attached hydrogens (primary N) is 1. The van der Waals surface area contributed by atoms with Gasteiger partial charge in [-0.05, 0) is 37.1 Å². The van der Waals surface area contributed by atoms with Gasteiger partial charge in [-0.2, -0.15) is 0 Å². The van der Waals surface area contributed by atoms with Crippen LogP contribution in [-0.2, 0) is 9.59 Å². The second kappa shape index (κ2) is 9.30. The molecule has 0 spiro atoms. The van der Waals surface area contributed by atoms with Gasteiger partial charge in [0.1, 0.15) is 5.82 Å². The molecule has 0 aliphatic carbocycles. The number of carbonyl (C=O) groups excluding carboxylic acids is 2. The average Bonchev–Trinajstić information content (AvgIpc) is 3.22. The summed E-state index contributed by atoms with van der Waals surface area (Å²) in [6, 6.07) is 15.8. The molecule has 2 heterocycles. The molecule has 0 bridgehead atoms. The molecule has 9 heteroatoms. The number of primary amides is 1. The number of para-hydroxylation sites is 1. The topological polar surface area (TPSA) is 94.1 Å². The van der Waals surface area contributed by atoms with Crippen LogP contribution in [-0.4, -0.2) is 50.3 Å². The molecule has 0 unspecified atom stereocenters. The molecule has 1 aliphatic heterocycles. The van der Waals surface area contributed by atoms with Gasteiger partial charge in [-0.1, -0.05) is 42.1 Å². The summed E-state index contributed by atoms with van der Waals surface area (Å²) in [6.07, 6.45) is 1.17. The Balaban J connectivity index is 1.55. The molecule has 7 nitrogen and oxygen atoms in total. The molecular weight excluding hydrogens is 417 g/mol. The van der Waals surface area contributed by atoms with Gasteiger partial charge in [0.25, 0.3) is 0 Å². The lowest BCUT2D eigenvalue weighted by atomic mass is 9.96. The molecule has 31 heavy (non-hydrogen) atoms. The zero-order chi connectivity index (χ0) is 21.8. The largest absolute Gasteiger partial charge is 0.369 e. The van der Waals surface area contributed by atoms with Crippen LogP contribution in [0.1, 0.15) is 12.8 Å². The standard InChI is InChI=1S/C22H22FN5O2S/c23-18-9-5-4-8-17(18)21-25-26-22(28(21)16-6-2-1-3-7-16)31-14-19(29)27-12-10-15(11-13-27)20(24)30/h1-9,15H,10-14H2,(H2,24,30). The van der Waals surface area contributed by atoms with Crippen LogP contribution in [0.5, 0.6) is 0 Å². The normalized spacial score (nSPS) is 14.5. The van der Waals surface area contributed by atoms with Crippen LogP contribution in [0.3, 0.4) is 0 Å². The van der Waals surface area contributed by atoms with Gasteiger partial charge in [0.2, 0.25) is 11.8 Å². The third-order valence-corrected chi connectivity index (χ3v) is 6.25. The Morgan fingerprint density at radius 2 is 1.71 bits per heavy atom. The summed E-state index contributed by atoms with van der Waals surface area (Å²) in [5, 5.41) is 8.96. The van der Waals surface area contributed by atoms with E-state index in [1.54, 1.807) is 27.7 Å². The molecule has 160 valence electrons. The summed E-state index contributed by atoms with van der Waals surface area (Å²) in [4.78, 5) is 25.8. The number of hydrogen-bond acceptors (Lipinski definition) is 5. The van der Waals surface area contributed by atoms with E-state index in [1.165, 1.54) is 17.8 Å². The number of rotatable bonds is 6. The van der Waals surface area contributed by atoms with Gasteiger partial charge in [0, 0.05) is 24.7 Å². The quantitative estimate of drug-likeness (QED) is 0.596. The van der Waals surface area contributed by atoms with Crippen molar-refractivity contribution in [1.82, 2.24) is 19.7 Å². The zero-order valence-corrected chi connectivity index (χ0v) is 17.6. The predicted octanol–water partition coefficient (Wildman–Crippen LogP) is 2.89. The number of thioether (sulfide) groups is 1. The number of benzene rings is 2. The molecule has 1 fully saturated rings. The molecule has 0 radical (unpaired) electrons. The first-order valence-electron chi connectivity index (χ1n) is 10.00. The molecule has 0 saturated carbocycles. The number of hydrogen-bond donors (Lipinski definition) is 1. The summed E-state index contributed by atoms with van der Waals surface area (Å²) in [6.45, 7) is 1.03. The highest BCUT2D eigenvalue weighted by molar-refractivity contribution is 7.99. The fraction of sp³-hybridized carbons (Fsp3) is 0.273. The van der Waals surface area contributed by atoms with E-state index in [1.807, 2.05) is 30.3 Å². The van der Waals surface area contributed by atoms with E-state index in [0.717, 1.165) is 5.69 Å². The third kappa shape index (κ3) is 4.61. The van der Waals surface area contributed by atoms with E-state index in [2.05, 4.69) is 10.2 Å². The number of amides is 2. The lowest BCUT2D eigenvalue weighted by molar-refractivity contribution is -0.132. The minimum Gasteiger partial charge on any atom is -0.369 e. The predicted molar refractivity (Wildman–Crippen MR) is 116 cm³/mol. The smallest absolute Gasteiger partial charge is 0.233 e. The molecule has 2 amide bonds. The second-order valence-electron chi connectivity index (χ2n) is 7.30.